The van der Waals surface area contributed by atoms with Crippen molar-refractivity contribution in [2.75, 3.05) is 0 Å². The first-order chi connectivity index (χ1) is 4.29. The van der Waals surface area contributed by atoms with Gasteiger partial charge in [-0.25, -0.2) is 0 Å². The molecule has 0 bridgehead atoms. The van der Waals surface area contributed by atoms with Crippen LogP contribution >= 0.6 is 0 Å². The van der Waals surface area contributed by atoms with Crippen LogP contribution in [0.15, 0.2) is 0 Å². The minimum atomic E-state index is 0.0231. The second-order valence-corrected chi connectivity index (χ2v) is 2.57. The van der Waals surface area contributed by atoms with E-state index in [1.54, 1.807) is 0 Å². The molecular formula is C8H18O. The maximum Gasteiger partial charge on any atom is 0.0542 e. The Morgan fingerprint density at radius 3 is 1.89 bits per heavy atom. The molecule has 0 aromatic carbocycles. The molecule has 0 amide bonds. The average Bonchev–Trinajstić information content (AvgIpc) is 2.20. The Morgan fingerprint density at radius 1 is 1.22 bits per heavy atom. The van der Waals surface area contributed by atoms with Crippen LogP contribution in [-0.4, -0.2) is 11.2 Å². The third-order valence-corrected chi connectivity index (χ3v) is 1.67. The van der Waals surface area contributed by atoms with Crippen LogP contribution in [0.4, 0.5) is 0 Å². The summed E-state index contributed by atoms with van der Waals surface area (Å²) in [7, 11) is 0. The van der Waals surface area contributed by atoms with E-state index >= 15 is 0 Å². The summed E-state index contributed by atoms with van der Waals surface area (Å²) in [6, 6.07) is 0. The van der Waals surface area contributed by atoms with E-state index in [4.69, 9.17) is 5.11 Å². The summed E-state index contributed by atoms with van der Waals surface area (Å²) in [6.45, 7) is 6.19. The van der Waals surface area contributed by atoms with E-state index in [0.717, 1.165) is 18.8 Å². The van der Waals surface area contributed by atoms with Crippen LogP contribution in [0, 0.1) is 5.92 Å². The van der Waals surface area contributed by atoms with Crippen molar-refractivity contribution in [3.8, 4) is 0 Å². The highest BCUT2D eigenvalue weighted by Crippen LogP contribution is 2.23. The van der Waals surface area contributed by atoms with Crippen LogP contribution in [0.2, 0.25) is 0 Å². The molecule has 1 nitrogen and oxygen atoms in total. The van der Waals surface area contributed by atoms with Crippen molar-refractivity contribution >= 4 is 0 Å². The van der Waals surface area contributed by atoms with Gasteiger partial charge in [-0.1, -0.05) is 20.8 Å². The van der Waals surface area contributed by atoms with Gasteiger partial charge >= 0.3 is 0 Å². The largest absolute Gasteiger partial charge is 0.393 e. The predicted octanol–water partition coefficient (Wildman–Crippen LogP) is 2.19. The van der Waals surface area contributed by atoms with Gasteiger partial charge in [0.2, 0.25) is 0 Å². The van der Waals surface area contributed by atoms with Gasteiger partial charge in [-0.3, -0.25) is 0 Å². The fourth-order valence-electron chi connectivity index (χ4n) is 1.18. The van der Waals surface area contributed by atoms with E-state index in [-0.39, 0.29) is 6.10 Å². The van der Waals surface area contributed by atoms with Crippen LogP contribution < -0.4 is 0 Å². The maximum absolute atomic E-state index is 8.90. The van der Waals surface area contributed by atoms with Crippen molar-refractivity contribution in [1.29, 1.82) is 0 Å². The highest BCUT2D eigenvalue weighted by atomic mass is 16.3. The predicted molar refractivity (Wildman–Crippen MR) is 40.4 cm³/mol. The van der Waals surface area contributed by atoms with Gasteiger partial charge in [0.25, 0.3) is 0 Å². The lowest BCUT2D eigenvalue weighted by atomic mass is 10.1. The number of aliphatic hydroxyl groups is 1. The number of aliphatic hydroxyl groups excluding tert-OH is 1. The molecular weight excluding hydrogens is 112 g/mol. The van der Waals surface area contributed by atoms with E-state index in [2.05, 4.69) is 6.92 Å². The second kappa shape index (κ2) is 4.80. The molecule has 1 aliphatic rings. The van der Waals surface area contributed by atoms with Gasteiger partial charge < -0.3 is 5.11 Å². The normalized spacial score (nSPS) is 33.3. The molecule has 0 saturated heterocycles. The van der Waals surface area contributed by atoms with Crippen LogP contribution in [-0.2, 0) is 0 Å². The molecule has 0 radical (unpaired) electrons. The fourth-order valence-corrected chi connectivity index (χ4v) is 1.18. The Hall–Kier alpha value is -0.0400. The average molecular weight is 130 g/mol. The number of hydrogen-bond acceptors (Lipinski definition) is 1. The van der Waals surface area contributed by atoms with E-state index in [9.17, 15) is 0 Å². The monoisotopic (exact) mass is 130 g/mol. The Balaban J connectivity index is 0.000000291. The van der Waals surface area contributed by atoms with Crippen molar-refractivity contribution in [3.05, 3.63) is 0 Å². The quantitative estimate of drug-likeness (QED) is 0.533. The molecule has 9 heavy (non-hydrogen) atoms. The third kappa shape index (κ3) is 3.52. The van der Waals surface area contributed by atoms with Gasteiger partial charge in [0, 0.05) is 0 Å². The highest BCUT2D eigenvalue weighted by Gasteiger charge is 2.17. The second-order valence-electron chi connectivity index (χ2n) is 2.57. The van der Waals surface area contributed by atoms with Gasteiger partial charge in [-0.2, -0.15) is 0 Å². The maximum atomic E-state index is 8.90. The lowest BCUT2D eigenvalue weighted by Crippen LogP contribution is -1.97. The Morgan fingerprint density at radius 2 is 1.78 bits per heavy atom. The van der Waals surface area contributed by atoms with Crippen molar-refractivity contribution < 1.29 is 5.11 Å². The first kappa shape index (κ1) is 8.96. The van der Waals surface area contributed by atoms with Gasteiger partial charge in [0.15, 0.2) is 0 Å². The number of rotatable bonds is 0. The zero-order valence-electron chi connectivity index (χ0n) is 6.72. The highest BCUT2D eigenvalue weighted by molar-refractivity contribution is 4.70. The smallest absolute Gasteiger partial charge is 0.0542 e. The van der Waals surface area contributed by atoms with Crippen molar-refractivity contribution in [2.24, 2.45) is 5.92 Å². The van der Waals surface area contributed by atoms with Crippen LogP contribution in [0.5, 0.6) is 0 Å². The summed E-state index contributed by atoms with van der Waals surface area (Å²) in [5.41, 5.74) is 0. The molecule has 1 heteroatoms. The van der Waals surface area contributed by atoms with E-state index in [1.807, 2.05) is 13.8 Å². The van der Waals surface area contributed by atoms with Gasteiger partial charge in [0.1, 0.15) is 0 Å². The molecule has 1 fully saturated rings. The van der Waals surface area contributed by atoms with Crippen LogP contribution in [0.25, 0.3) is 0 Å². The molecule has 1 rings (SSSR count). The van der Waals surface area contributed by atoms with E-state index < -0.39 is 0 Å². The Labute approximate surface area is 58.1 Å². The molecule has 1 N–H and O–H groups in total. The molecule has 0 aliphatic heterocycles. The summed E-state index contributed by atoms with van der Waals surface area (Å²) >= 11 is 0. The third-order valence-electron chi connectivity index (χ3n) is 1.67. The molecule has 2 atom stereocenters. The summed E-state index contributed by atoms with van der Waals surface area (Å²) in [6.07, 6.45) is 3.30. The van der Waals surface area contributed by atoms with Crippen molar-refractivity contribution in [1.82, 2.24) is 0 Å². The van der Waals surface area contributed by atoms with Gasteiger partial charge in [-0.05, 0) is 25.2 Å². The summed E-state index contributed by atoms with van der Waals surface area (Å²) < 4.78 is 0. The first-order valence-corrected chi connectivity index (χ1v) is 3.97. The van der Waals surface area contributed by atoms with Crippen molar-refractivity contribution in [2.45, 2.75) is 46.1 Å². The van der Waals surface area contributed by atoms with Gasteiger partial charge in [0.05, 0.1) is 6.10 Å². The minimum Gasteiger partial charge on any atom is -0.393 e. The first-order valence-electron chi connectivity index (χ1n) is 3.97. The Kier molecular flexibility index (Phi) is 4.78. The lowest BCUT2D eigenvalue weighted by molar-refractivity contribution is 0.179. The Bertz CT molecular complexity index is 53.6. The summed E-state index contributed by atoms with van der Waals surface area (Å²) in [4.78, 5) is 0. The SMILES string of the molecule is CC.CC1CCC(O)C1. The molecule has 1 aliphatic carbocycles. The van der Waals surface area contributed by atoms with Crippen LogP contribution in [0.3, 0.4) is 0 Å². The van der Waals surface area contributed by atoms with Gasteiger partial charge in [-0.15, -0.1) is 0 Å². The molecule has 0 spiro atoms. The molecule has 0 aromatic heterocycles. The number of hydrogen-bond donors (Lipinski definition) is 1. The molecule has 1 saturated carbocycles. The minimum absolute atomic E-state index is 0.0231. The zero-order chi connectivity index (χ0) is 7.28. The molecule has 0 aromatic rings. The van der Waals surface area contributed by atoms with Crippen molar-refractivity contribution in [3.63, 3.8) is 0 Å². The lowest BCUT2D eigenvalue weighted by Gasteiger charge is -1.95. The standard InChI is InChI=1S/C6H12O.C2H6/c1-5-2-3-6(7)4-5;1-2/h5-7H,2-4H2,1H3;1-2H3. The molecule has 2 unspecified atom stereocenters. The van der Waals surface area contributed by atoms with Crippen LogP contribution in [0.1, 0.15) is 40.0 Å². The van der Waals surface area contributed by atoms with E-state index in [1.165, 1.54) is 6.42 Å². The molecule has 56 valence electrons. The zero-order valence-corrected chi connectivity index (χ0v) is 6.72. The topological polar surface area (TPSA) is 20.2 Å². The summed E-state index contributed by atoms with van der Waals surface area (Å²) in [5.74, 6) is 0.773. The molecule has 0 heterocycles. The fraction of sp³-hybridized carbons (Fsp3) is 1.00. The summed E-state index contributed by atoms with van der Waals surface area (Å²) in [5, 5.41) is 8.90. The van der Waals surface area contributed by atoms with E-state index in [0.29, 0.717) is 0 Å².